The zero-order chi connectivity index (χ0) is 32.3. The van der Waals surface area contributed by atoms with Gasteiger partial charge in [-0.2, -0.15) is 0 Å². The molecule has 1 aliphatic carbocycles. The minimum absolute atomic E-state index is 0.0996. The van der Waals surface area contributed by atoms with E-state index < -0.39 is 11.2 Å². The third-order valence-corrected chi connectivity index (χ3v) is 9.69. The predicted octanol–water partition coefficient (Wildman–Crippen LogP) is 5.27. The number of ether oxygens (including phenoxy) is 1. The summed E-state index contributed by atoms with van der Waals surface area (Å²) in [6.45, 7) is 7.68. The first-order chi connectivity index (χ1) is 22.2. The average molecular weight is 628 g/mol. The van der Waals surface area contributed by atoms with E-state index in [2.05, 4.69) is 27.1 Å². The zero-order valence-electron chi connectivity index (χ0n) is 26.6. The van der Waals surface area contributed by atoms with Crippen molar-refractivity contribution in [2.24, 2.45) is 5.41 Å². The van der Waals surface area contributed by atoms with Crippen molar-refractivity contribution in [2.45, 2.75) is 51.5 Å². The molecule has 1 saturated carbocycles. The lowest BCUT2D eigenvalue weighted by Gasteiger charge is -2.42. The number of aromatic nitrogens is 1. The van der Waals surface area contributed by atoms with E-state index in [9.17, 15) is 14.4 Å². The molecule has 9 nitrogen and oxygen atoms in total. The number of piperidine rings is 1. The van der Waals surface area contributed by atoms with Crippen LogP contribution in [0.4, 0.5) is 15.0 Å². The van der Waals surface area contributed by atoms with E-state index in [0.717, 1.165) is 50.1 Å². The fourth-order valence-corrected chi connectivity index (χ4v) is 6.46. The maximum absolute atomic E-state index is 15.1. The molecule has 0 spiro atoms. The van der Waals surface area contributed by atoms with Gasteiger partial charge in [0.05, 0.1) is 5.41 Å². The van der Waals surface area contributed by atoms with Crippen molar-refractivity contribution >= 4 is 23.4 Å². The van der Waals surface area contributed by atoms with Gasteiger partial charge in [-0.05, 0) is 62.9 Å². The third-order valence-electron chi connectivity index (χ3n) is 9.69. The van der Waals surface area contributed by atoms with Crippen molar-refractivity contribution in [3.05, 3.63) is 83.3 Å². The van der Waals surface area contributed by atoms with Crippen LogP contribution >= 0.6 is 0 Å². The molecule has 3 aromatic rings. The van der Waals surface area contributed by atoms with E-state index in [-0.39, 0.29) is 41.8 Å². The smallest absolute Gasteiger partial charge is 0.323 e. The number of carbonyl (C=O) groups excluding carboxylic acids is 3. The molecule has 1 N–H and O–H groups in total. The highest BCUT2D eigenvalue weighted by Gasteiger charge is 2.54. The molecule has 0 atom stereocenters. The molecular weight excluding hydrogens is 585 g/mol. The molecule has 3 heterocycles. The van der Waals surface area contributed by atoms with Crippen molar-refractivity contribution < 1.29 is 23.5 Å². The van der Waals surface area contributed by atoms with E-state index in [1.807, 2.05) is 36.1 Å². The molecule has 3 fully saturated rings. The molecule has 6 rings (SSSR count). The minimum atomic E-state index is -1.01. The van der Waals surface area contributed by atoms with E-state index in [1.54, 1.807) is 18.2 Å². The Labute approximate surface area is 269 Å². The molecule has 2 amide bonds. The zero-order valence-corrected chi connectivity index (χ0v) is 26.6. The highest BCUT2D eigenvalue weighted by molar-refractivity contribution is 6.11. The molecule has 0 radical (unpaired) electrons. The number of urea groups is 1. The summed E-state index contributed by atoms with van der Waals surface area (Å²) in [5.41, 5.74) is 1.20. The molecule has 10 heteroatoms. The fraction of sp³-hybridized carbons (Fsp3) is 0.444. The summed E-state index contributed by atoms with van der Waals surface area (Å²) in [6.07, 6.45) is 4.49. The number of hydrogen-bond acceptors (Lipinski definition) is 7. The normalized spacial score (nSPS) is 18.6. The Morgan fingerprint density at radius 1 is 0.891 bits per heavy atom. The van der Waals surface area contributed by atoms with Gasteiger partial charge in [-0.1, -0.05) is 35.9 Å². The molecule has 2 saturated heterocycles. The van der Waals surface area contributed by atoms with Crippen molar-refractivity contribution in [2.75, 3.05) is 51.6 Å². The van der Waals surface area contributed by atoms with Crippen LogP contribution in [0.25, 0.3) is 0 Å². The summed E-state index contributed by atoms with van der Waals surface area (Å²) < 4.78 is 21.0. The first-order valence-corrected chi connectivity index (χ1v) is 16.2. The first-order valence-electron chi connectivity index (χ1n) is 16.2. The van der Waals surface area contributed by atoms with Gasteiger partial charge >= 0.3 is 6.03 Å². The van der Waals surface area contributed by atoms with Crippen LogP contribution in [-0.4, -0.2) is 89.6 Å². The summed E-state index contributed by atoms with van der Waals surface area (Å²) in [7, 11) is 2.15. The van der Waals surface area contributed by atoms with E-state index in [4.69, 9.17) is 4.74 Å². The molecular formula is C36H42FN5O4. The fourth-order valence-electron chi connectivity index (χ4n) is 6.46. The van der Waals surface area contributed by atoms with Crippen LogP contribution in [-0.2, 0) is 22.4 Å². The highest BCUT2D eigenvalue weighted by atomic mass is 19.1. The Kier molecular flexibility index (Phi) is 9.47. The van der Waals surface area contributed by atoms with Crippen molar-refractivity contribution in [1.82, 2.24) is 19.7 Å². The van der Waals surface area contributed by atoms with Crippen LogP contribution in [0.15, 0.2) is 60.8 Å². The topological polar surface area (TPSA) is 95.1 Å². The second-order valence-electron chi connectivity index (χ2n) is 13.0. The lowest BCUT2D eigenvalue weighted by molar-refractivity contribution is -0.133. The first kappa shape index (κ1) is 31.8. The highest BCUT2D eigenvalue weighted by Crippen LogP contribution is 2.49. The third kappa shape index (κ3) is 7.45. The van der Waals surface area contributed by atoms with Crippen LogP contribution in [0.3, 0.4) is 0 Å². The molecule has 1 aromatic heterocycles. The van der Waals surface area contributed by atoms with Crippen molar-refractivity contribution in [3.8, 4) is 11.5 Å². The Balaban J connectivity index is 1.00. The number of nitrogens with zero attached hydrogens (tertiary/aromatic N) is 4. The summed E-state index contributed by atoms with van der Waals surface area (Å²) in [4.78, 5) is 50.2. The molecule has 3 aliphatic rings. The van der Waals surface area contributed by atoms with E-state index >= 15 is 4.39 Å². The SMILES string of the molecule is Cc1ccc(CC(=O)C2(C(=O)Cc3ccc(Oc4ccnc(NC(=O)N5CCC(N6CCN(C)CC6)CC5)c4)cc3F)CC2)cc1. The minimum Gasteiger partial charge on any atom is -0.457 e. The average Bonchev–Trinajstić information content (AvgIpc) is 3.87. The van der Waals surface area contributed by atoms with Crippen LogP contribution in [0.1, 0.15) is 42.4 Å². The largest absolute Gasteiger partial charge is 0.457 e. The van der Waals surface area contributed by atoms with Gasteiger partial charge in [-0.15, -0.1) is 0 Å². The van der Waals surface area contributed by atoms with E-state index in [0.29, 0.717) is 43.5 Å². The molecule has 0 unspecified atom stereocenters. The number of Topliss-reactive ketones (excluding diaryl/α,β-unsaturated/α-hetero) is 2. The van der Waals surface area contributed by atoms with E-state index in [1.165, 1.54) is 18.3 Å². The number of aryl methyl sites for hydroxylation is 1. The van der Waals surface area contributed by atoms with Gasteiger partial charge in [0.15, 0.2) is 11.6 Å². The lowest BCUT2D eigenvalue weighted by atomic mass is 9.87. The number of halogens is 1. The van der Waals surface area contributed by atoms with Crippen LogP contribution in [0.5, 0.6) is 11.5 Å². The van der Waals surface area contributed by atoms with Crippen LogP contribution in [0, 0.1) is 18.2 Å². The number of benzene rings is 2. The Morgan fingerprint density at radius 3 is 2.24 bits per heavy atom. The van der Waals surface area contributed by atoms with Gasteiger partial charge in [0.25, 0.3) is 0 Å². The number of hydrogen-bond donors (Lipinski definition) is 1. The number of likely N-dealkylation sites (N-methyl/N-ethyl adjacent to an activating group) is 1. The lowest BCUT2D eigenvalue weighted by Crippen LogP contribution is -2.53. The number of piperazine rings is 1. The second-order valence-corrected chi connectivity index (χ2v) is 13.0. The van der Waals surface area contributed by atoms with Crippen LogP contribution < -0.4 is 10.1 Å². The summed E-state index contributed by atoms with van der Waals surface area (Å²) >= 11 is 0. The van der Waals surface area contributed by atoms with Gasteiger partial charge in [0, 0.05) is 76.5 Å². The molecule has 0 bridgehead atoms. The number of pyridine rings is 1. The predicted molar refractivity (Wildman–Crippen MR) is 174 cm³/mol. The second kappa shape index (κ2) is 13.7. The number of nitrogens with one attached hydrogen (secondary N) is 1. The summed E-state index contributed by atoms with van der Waals surface area (Å²) in [5, 5.41) is 2.86. The number of likely N-dealkylation sites (tertiary alicyclic amines) is 1. The molecule has 2 aliphatic heterocycles. The Hall–Kier alpha value is -4.15. The molecule has 46 heavy (non-hydrogen) atoms. The standard InChI is InChI=1S/C36H42FN5O4/c1-25-3-5-26(6-4-25)21-32(43)36(12-13-36)33(44)22-27-7-8-29(23-31(27)37)46-30-9-14-38-34(24-30)39-35(45)42-15-10-28(11-16-42)41-19-17-40(2)18-20-41/h3-9,14,23-24,28H,10-13,15-22H2,1-2H3,(H,38,39,45). The number of rotatable bonds is 10. The quantitative estimate of drug-likeness (QED) is 0.306. The van der Waals surface area contributed by atoms with Gasteiger partial charge in [-0.3, -0.25) is 19.8 Å². The van der Waals surface area contributed by atoms with Gasteiger partial charge in [0.1, 0.15) is 23.1 Å². The van der Waals surface area contributed by atoms with Gasteiger partial charge in [-0.25, -0.2) is 14.2 Å². The maximum Gasteiger partial charge on any atom is 0.323 e. The maximum atomic E-state index is 15.1. The summed E-state index contributed by atoms with van der Waals surface area (Å²) in [6, 6.07) is 15.6. The summed E-state index contributed by atoms with van der Waals surface area (Å²) in [5.74, 6) is 0.0694. The van der Waals surface area contributed by atoms with Crippen molar-refractivity contribution in [3.63, 3.8) is 0 Å². The molecule has 2 aromatic carbocycles. The number of ketones is 2. The Bertz CT molecular complexity index is 1580. The number of carbonyl (C=O) groups is 3. The Morgan fingerprint density at radius 2 is 1.57 bits per heavy atom. The number of amides is 2. The van der Waals surface area contributed by atoms with Crippen molar-refractivity contribution in [1.29, 1.82) is 0 Å². The van der Waals surface area contributed by atoms with Gasteiger partial charge < -0.3 is 14.5 Å². The number of anilines is 1. The molecule has 242 valence electrons. The monoisotopic (exact) mass is 627 g/mol. The van der Waals surface area contributed by atoms with Crippen LogP contribution in [0.2, 0.25) is 0 Å². The van der Waals surface area contributed by atoms with Gasteiger partial charge in [0.2, 0.25) is 0 Å².